The molecule has 2 atom stereocenters. The van der Waals surface area contributed by atoms with Gasteiger partial charge in [-0.3, -0.25) is 9.59 Å². The maximum atomic E-state index is 10.6. The van der Waals surface area contributed by atoms with Gasteiger partial charge in [-0.2, -0.15) is 0 Å². The van der Waals surface area contributed by atoms with Crippen LogP contribution in [0.4, 0.5) is 0 Å². The molecule has 0 fully saturated rings. The van der Waals surface area contributed by atoms with Crippen LogP contribution in [-0.2, 0) is 35.0 Å². The molecule has 0 saturated heterocycles. The van der Waals surface area contributed by atoms with Crippen LogP contribution < -0.4 is 0 Å². The molecule has 1 N–H and O–H groups in total. The molecule has 2 aromatic carbocycles. The Bertz CT molecular complexity index is 968. The molecule has 0 radical (unpaired) electrons. The number of ketones is 2. The molecule has 0 spiro atoms. The second-order valence-corrected chi connectivity index (χ2v) is 10.5. The summed E-state index contributed by atoms with van der Waals surface area (Å²) in [4.78, 5) is 30.3. The van der Waals surface area contributed by atoms with Crippen LogP contribution >= 0.6 is 0 Å². The lowest BCUT2D eigenvalue weighted by Crippen LogP contribution is -2.18. The molecular formula is C58H134O8. The van der Waals surface area contributed by atoms with Crippen molar-refractivity contribution in [3.8, 4) is 0 Å². The third-order valence-corrected chi connectivity index (χ3v) is 5.68. The van der Waals surface area contributed by atoms with Crippen LogP contribution in [0.1, 0.15) is 242 Å². The first-order chi connectivity index (χ1) is 25.8. The Labute approximate surface area is 422 Å². The number of carbonyl (C=O) groups excluding carboxylic acids is 3. The molecule has 0 aliphatic heterocycles. The van der Waals surface area contributed by atoms with Crippen molar-refractivity contribution in [3.63, 3.8) is 0 Å². The van der Waals surface area contributed by atoms with Crippen LogP contribution in [0.5, 0.6) is 0 Å². The molecule has 8 nitrogen and oxygen atoms in total. The molecule has 8 heteroatoms. The van der Waals surface area contributed by atoms with Crippen LogP contribution in [0.3, 0.4) is 0 Å². The zero-order valence-corrected chi connectivity index (χ0v) is 37.8. The van der Waals surface area contributed by atoms with E-state index in [-0.39, 0.29) is 119 Å². The third kappa shape index (κ3) is 137. The second kappa shape index (κ2) is 119. The summed E-state index contributed by atoms with van der Waals surface area (Å²) in [5.41, 5.74) is 2.19. The summed E-state index contributed by atoms with van der Waals surface area (Å²) < 4.78 is 20.0. The van der Waals surface area contributed by atoms with E-state index in [1.165, 1.54) is 18.9 Å². The number of hydrogen-bond acceptors (Lipinski definition) is 8. The van der Waals surface area contributed by atoms with Crippen molar-refractivity contribution in [1.82, 2.24) is 0 Å². The van der Waals surface area contributed by atoms with E-state index >= 15 is 0 Å². The van der Waals surface area contributed by atoms with Crippen molar-refractivity contribution >= 4 is 17.5 Å². The first-order valence-electron chi connectivity index (χ1n) is 20.1. The minimum atomic E-state index is -0.269. The molecule has 66 heavy (non-hydrogen) atoms. The molecule has 2 rings (SSSR count). The maximum Gasteiger partial charge on any atom is 0.302 e. The predicted octanol–water partition coefficient (Wildman–Crippen LogP) is 19.6. The largest absolute Gasteiger partial charge is 0.466 e. The number of hydrogen-bond donors (Lipinski definition) is 1. The molecule has 0 saturated carbocycles. The van der Waals surface area contributed by atoms with E-state index in [9.17, 15) is 14.4 Å². The van der Waals surface area contributed by atoms with Gasteiger partial charge in [-0.25, -0.2) is 0 Å². The van der Waals surface area contributed by atoms with E-state index in [2.05, 4.69) is 63.3 Å². The minimum Gasteiger partial charge on any atom is -0.466 e. The number of aryl methyl sites for hydroxylation is 1. The van der Waals surface area contributed by atoms with Gasteiger partial charge in [-0.1, -0.05) is 232 Å². The monoisotopic (exact) mass is 959 g/mol. The smallest absolute Gasteiger partial charge is 0.302 e. The number of aliphatic hydroxyl groups is 1. The highest BCUT2D eigenvalue weighted by Crippen LogP contribution is 1.99. The normalized spacial score (nSPS) is 7.89. The Morgan fingerprint density at radius 2 is 0.924 bits per heavy atom. The first-order valence-corrected chi connectivity index (χ1v) is 20.1. The Morgan fingerprint density at radius 3 is 1.12 bits per heavy atom. The van der Waals surface area contributed by atoms with Gasteiger partial charge >= 0.3 is 5.97 Å². The van der Waals surface area contributed by atoms with Gasteiger partial charge in [0.25, 0.3) is 0 Å². The van der Waals surface area contributed by atoms with Gasteiger partial charge in [0.15, 0.2) is 5.78 Å². The number of carbonyl (C=O) groups is 3. The molecular weight excluding hydrogens is 825 g/mol. The van der Waals surface area contributed by atoms with Crippen molar-refractivity contribution in [2.24, 2.45) is 0 Å². The topological polar surface area (TPSA) is 108 Å². The quantitative estimate of drug-likeness (QED) is 0.107. The Kier molecular flexibility index (Phi) is 226. The molecule has 0 aromatic heterocycles. The van der Waals surface area contributed by atoms with Gasteiger partial charge in [-0.05, 0) is 59.4 Å². The molecule has 0 aliphatic rings. The summed E-state index contributed by atoms with van der Waals surface area (Å²) in [6.45, 7) is 37.8. The number of benzene rings is 2. The number of Topliss-reactive ketones (excluding diaryl/α,β-unsaturated/α-hetero) is 2. The summed E-state index contributed by atoms with van der Waals surface area (Å²) in [7, 11) is 0. The van der Waals surface area contributed by atoms with Crippen LogP contribution in [0.25, 0.3) is 0 Å². The van der Waals surface area contributed by atoms with Crippen LogP contribution in [-0.4, -0.2) is 74.5 Å². The van der Waals surface area contributed by atoms with Crippen molar-refractivity contribution in [3.05, 3.63) is 84.4 Å². The number of esters is 1. The summed E-state index contributed by atoms with van der Waals surface area (Å²) in [5, 5.41) is 8.86. The fourth-order valence-corrected chi connectivity index (χ4v) is 2.70. The van der Waals surface area contributed by atoms with E-state index in [1.54, 1.807) is 26.8 Å². The summed E-state index contributed by atoms with van der Waals surface area (Å²) in [6, 6.07) is 19.7. The summed E-state index contributed by atoms with van der Waals surface area (Å²) in [6.07, 6.45) is 6.55. The lowest BCUT2D eigenvalue weighted by atomic mass is 10.2. The van der Waals surface area contributed by atoms with Crippen molar-refractivity contribution in [2.75, 3.05) is 39.6 Å². The van der Waals surface area contributed by atoms with Gasteiger partial charge in [0.05, 0.1) is 38.6 Å². The van der Waals surface area contributed by atoms with E-state index in [4.69, 9.17) is 19.3 Å². The maximum absolute atomic E-state index is 10.6. The van der Waals surface area contributed by atoms with Gasteiger partial charge in [0.1, 0.15) is 5.78 Å². The first kappa shape index (κ1) is 125. The lowest BCUT2D eigenvalue weighted by molar-refractivity contribution is -0.140. The molecule has 2 aromatic rings. The zero-order chi connectivity index (χ0) is 43.4. The second-order valence-electron chi connectivity index (χ2n) is 10.5. The van der Waals surface area contributed by atoms with E-state index in [0.29, 0.717) is 39.5 Å². The van der Waals surface area contributed by atoms with E-state index < -0.39 is 0 Å². The molecule has 0 amide bonds. The van der Waals surface area contributed by atoms with E-state index in [0.717, 1.165) is 31.4 Å². The minimum absolute atomic E-state index is 0. The van der Waals surface area contributed by atoms with Crippen LogP contribution in [0.2, 0.25) is 0 Å². The number of ether oxygens (including phenoxy) is 4. The van der Waals surface area contributed by atoms with E-state index in [1.807, 2.05) is 91.8 Å². The highest BCUT2D eigenvalue weighted by molar-refractivity contribution is 5.93. The predicted molar refractivity (Wildman–Crippen MR) is 314 cm³/mol. The Balaban J connectivity index is -0.0000000224. The Hall–Kier alpha value is -3.17. The molecule has 0 bridgehead atoms. The average Bonchev–Trinajstić information content (AvgIpc) is 3.20. The highest BCUT2D eigenvalue weighted by Gasteiger charge is 2.04. The fraction of sp³-hybridized carbons (Fsp3) is 0.707. The fourth-order valence-electron chi connectivity index (χ4n) is 2.70. The summed E-state index contributed by atoms with van der Waals surface area (Å²) in [5.74, 6) is 0.165. The molecule has 0 heterocycles. The van der Waals surface area contributed by atoms with Crippen molar-refractivity contribution < 1.29 is 38.4 Å². The number of rotatable bonds is 15. The van der Waals surface area contributed by atoms with Crippen molar-refractivity contribution in [2.45, 2.75) is 244 Å². The Morgan fingerprint density at radius 1 is 0.576 bits per heavy atom. The van der Waals surface area contributed by atoms with Gasteiger partial charge in [0, 0.05) is 32.1 Å². The number of aliphatic hydroxyl groups excluding tert-OH is 1. The van der Waals surface area contributed by atoms with Gasteiger partial charge < -0.3 is 28.8 Å². The van der Waals surface area contributed by atoms with Gasteiger partial charge in [-0.15, -0.1) is 6.58 Å². The standard InChI is InChI=1S/C9H18O2.C8H8O.C8H10.C6H14O2.C4H8O2.C4H8O.C3H8.2C2H6.12CH4/c1-4-7-11-9(5-2)8-10-6-3;1-7(9)8-5-3-2-4-6-8;1-2-8-6-4-3-5-7-8;1-3-6(7)5-8-4-2;1-3-6-4(2)5;1-3-4(2)5;1-3-2;2*1-2;;;;;;;;;;;;/h4,9H,1,5-8H2,2-3H3;2-6H,1H3;3-7H,2H2,1H3;6-7H,3-5H2,1-2H3;3H2,1-2H3;3H2,1-2H3;3H2,1-2H3;2*1-2H3;12*1H4. The molecule has 0 aliphatic carbocycles. The van der Waals surface area contributed by atoms with Gasteiger partial charge in [0.2, 0.25) is 0 Å². The third-order valence-electron chi connectivity index (χ3n) is 5.68. The lowest BCUT2D eigenvalue weighted by Gasteiger charge is -2.13. The average molecular weight is 960 g/mol. The van der Waals surface area contributed by atoms with Crippen LogP contribution in [0.15, 0.2) is 73.3 Å². The molecule has 2 unspecified atom stereocenters. The van der Waals surface area contributed by atoms with Crippen molar-refractivity contribution in [1.29, 1.82) is 0 Å². The highest BCUT2D eigenvalue weighted by atomic mass is 16.5. The molecule has 414 valence electrons. The zero-order valence-electron chi connectivity index (χ0n) is 37.8. The van der Waals surface area contributed by atoms with Crippen LogP contribution in [0, 0.1) is 0 Å². The summed E-state index contributed by atoms with van der Waals surface area (Å²) >= 11 is 0. The SMILES string of the molecule is C.C.C.C.C.C.C.C.C.C.C.C.C=CCOC(CC)COCC.CC.CC.CC(=O)c1ccccc1.CCC.CCC(C)=O.CCOC(C)=O.CCOCC(O)CC.CCc1ccccc1.